The van der Waals surface area contributed by atoms with Crippen molar-refractivity contribution in [3.05, 3.63) is 33.8 Å². The number of nitrogens with one attached hydrogen (secondary N) is 1. The highest BCUT2D eigenvalue weighted by atomic mass is 35.5. The summed E-state index contributed by atoms with van der Waals surface area (Å²) in [4.78, 5) is 2.37. The Balaban J connectivity index is 1.88. The second-order valence-corrected chi connectivity index (χ2v) is 5.65. The van der Waals surface area contributed by atoms with Crippen molar-refractivity contribution in [3.8, 4) is 0 Å². The van der Waals surface area contributed by atoms with Crippen LogP contribution in [0.15, 0.2) is 18.2 Å². The third kappa shape index (κ3) is 4.32. The second kappa shape index (κ2) is 8.17. The Bertz CT molecular complexity index is 405. The van der Waals surface area contributed by atoms with Crippen LogP contribution in [0.2, 0.25) is 10.0 Å². The average Bonchev–Trinajstić information content (AvgIpc) is 2.46. The number of nitrogens with two attached hydrogens (primary N) is 1. The largest absolute Gasteiger partial charge is 0.379 e. The molecule has 1 aliphatic rings. The lowest BCUT2D eigenvalue weighted by atomic mass is 10.1. The van der Waals surface area contributed by atoms with E-state index in [1.807, 2.05) is 18.2 Å². The Morgan fingerprint density at radius 1 is 1.25 bits per heavy atom. The van der Waals surface area contributed by atoms with E-state index in [2.05, 4.69) is 10.2 Å². The van der Waals surface area contributed by atoms with Crippen molar-refractivity contribution in [3.63, 3.8) is 0 Å². The highest BCUT2D eigenvalue weighted by molar-refractivity contribution is 6.36. The molecule has 1 unspecified atom stereocenters. The van der Waals surface area contributed by atoms with Crippen molar-refractivity contribution >= 4 is 23.2 Å². The van der Waals surface area contributed by atoms with Crippen LogP contribution in [0.4, 0.5) is 0 Å². The molecule has 0 amide bonds. The molecule has 0 saturated carbocycles. The van der Waals surface area contributed by atoms with Gasteiger partial charge >= 0.3 is 0 Å². The number of nitrogens with zero attached hydrogens (tertiary/aromatic N) is 1. The molecule has 1 atom stereocenters. The summed E-state index contributed by atoms with van der Waals surface area (Å²) in [6.45, 7) is 5.90. The van der Waals surface area contributed by atoms with Crippen LogP contribution in [0.3, 0.4) is 0 Å². The van der Waals surface area contributed by atoms with Crippen LogP contribution in [0.5, 0.6) is 0 Å². The molecular weight excluding hydrogens is 297 g/mol. The first kappa shape index (κ1) is 16.0. The fraction of sp³-hybridized carbons (Fsp3) is 0.571. The summed E-state index contributed by atoms with van der Waals surface area (Å²) in [7, 11) is 0. The van der Waals surface area contributed by atoms with Gasteiger partial charge in [0, 0.05) is 54.4 Å². The molecule has 2 rings (SSSR count). The van der Waals surface area contributed by atoms with Crippen molar-refractivity contribution in [2.75, 3.05) is 45.9 Å². The van der Waals surface area contributed by atoms with Gasteiger partial charge in [-0.05, 0) is 12.1 Å². The van der Waals surface area contributed by atoms with E-state index in [1.54, 1.807) is 0 Å². The van der Waals surface area contributed by atoms with Crippen LogP contribution in [-0.2, 0) is 4.74 Å². The van der Waals surface area contributed by atoms with E-state index in [-0.39, 0.29) is 6.04 Å². The van der Waals surface area contributed by atoms with Crippen LogP contribution in [0.1, 0.15) is 11.6 Å². The maximum atomic E-state index is 6.22. The number of ether oxygens (including phenoxy) is 1. The summed E-state index contributed by atoms with van der Waals surface area (Å²) in [6.07, 6.45) is 0. The quantitative estimate of drug-likeness (QED) is 0.841. The van der Waals surface area contributed by atoms with Gasteiger partial charge in [0.05, 0.1) is 13.2 Å². The molecule has 4 nitrogen and oxygen atoms in total. The molecule has 0 spiro atoms. The van der Waals surface area contributed by atoms with Crippen LogP contribution in [-0.4, -0.2) is 50.8 Å². The number of halogens is 2. The number of hydrogen-bond acceptors (Lipinski definition) is 4. The standard InChI is InChI=1S/C14H21Cl2N3O/c15-11-2-1-3-12(16)14(11)13(10-17)18-4-5-19-6-8-20-9-7-19/h1-3,13,18H,4-10,17H2. The van der Waals surface area contributed by atoms with Gasteiger partial charge in [-0.1, -0.05) is 29.3 Å². The zero-order chi connectivity index (χ0) is 14.4. The summed E-state index contributed by atoms with van der Waals surface area (Å²) in [6, 6.07) is 5.51. The van der Waals surface area contributed by atoms with E-state index >= 15 is 0 Å². The van der Waals surface area contributed by atoms with Gasteiger partial charge in [-0.15, -0.1) is 0 Å². The van der Waals surface area contributed by atoms with Crippen LogP contribution in [0.25, 0.3) is 0 Å². The van der Waals surface area contributed by atoms with E-state index in [1.165, 1.54) is 0 Å². The molecule has 1 fully saturated rings. The molecular formula is C14H21Cl2N3O. The molecule has 112 valence electrons. The maximum absolute atomic E-state index is 6.22. The second-order valence-electron chi connectivity index (χ2n) is 4.83. The lowest BCUT2D eigenvalue weighted by Crippen LogP contribution is -2.41. The molecule has 1 aromatic rings. The molecule has 1 heterocycles. The number of benzene rings is 1. The van der Waals surface area contributed by atoms with Gasteiger partial charge in [0.25, 0.3) is 0 Å². The fourth-order valence-electron chi connectivity index (χ4n) is 2.37. The van der Waals surface area contributed by atoms with Crippen LogP contribution < -0.4 is 11.1 Å². The molecule has 0 bridgehead atoms. The lowest BCUT2D eigenvalue weighted by Gasteiger charge is -2.28. The Hall–Kier alpha value is -0.360. The molecule has 3 N–H and O–H groups in total. The fourth-order valence-corrected chi connectivity index (χ4v) is 3.03. The number of hydrogen-bond donors (Lipinski definition) is 2. The zero-order valence-corrected chi connectivity index (χ0v) is 13.0. The van der Waals surface area contributed by atoms with E-state index in [0.29, 0.717) is 16.6 Å². The van der Waals surface area contributed by atoms with E-state index < -0.39 is 0 Å². The number of morpholine rings is 1. The Labute approximate surface area is 130 Å². The van der Waals surface area contributed by atoms with Gasteiger partial charge in [0.1, 0.15) is 0 Å². The first-order valence-corrected chi connectivity index (χ1v) is 7.65. The average molecular weight is 318 g/mol. The highest BCUT2D eigenvalue weighted by Crippen LogP contribution is 2.29. The first-order chi connectivity index (χ1) is 9.72. The molecule has 0 aromatic heterocycles. The number of rotatable bonds is 6. The SMILES string of the molecule is NCC(NCCN1CCOCC1)c1c(Cl)cccc1Cl. The summed E-state index contributed by atoms with van der Waals surface area (Å²) in [5, 5.41) is 4.76. The highest BCUT2D eigenvalue weighted by Gasteiger charge is 2.17. The minimum absolute atomic E-state index is 0.0164. The summed E-state index contributed by atoms with van der Waals surface area (Å²) < 4.78 is 5.33. The van der Waals surface area contributed by atoms with E-state index in [4.69, 9.17) is 33.7 Å². The molecule has 1 aromatic carbocycles. The van der Waals surface area contributed by atoms with Gasteiger partial charge < -0.3 is 15.8 Å². The normalized spacial score (nSPS) is 18.1. The molecule has 1 aliphatic heterocycles. The predicted molar refractivity (Wildman–Crippen MR) is 83.5 cm³/mol. The summed E-state index contributed by atoms with van der Waals surface area (Å²) in [5.41, 5.74) is 6.74. The third-order valence-corrected chi connectivity index (χ3v) is 4.17. The molecule has 20 heavy (non-hydrogen) atoms. The Kier molecular flexibility index (Phi) is 6.55. The summed E-state index contributed by atoms with van der Waals surface area (Å²) in [5.74, 6) is 0. The minimum atomic E-state index is -0.0164. The molecule has 6 heteroatoms. The maximum Gasteiger partial charge on any atom is 0.0594 e. The van der Waals surface area contributed by atoms with Gasteiger partial charge in [0.2, 0.25) is 0 Å². The van der Waals surface area contributed by atoms with Gasteiger partial charge in [-0.3, -0.25) is 4.90 Å². The van der Waals surface area contributed by atoms with Gasteiger partial charge in [0.15, 0.2) is 0 Å². The predicted octanol–water partition coefficient (Wildman–Crippen LogP) is 1.92. The monoisotopic (exact) mass is 317 g/mol. The van der Waals surface area contributed by atoms with Crippen molar-refractivity contribution in [2.45, 2.75) is 6.04 Å². The topological polar surface area (TPSA) is 50.5 Å². The third-order valence-electron chi connectivity index (χ3n) is 3.51. The first-order valence-electron chi connectivity index (χ1n) is 6.90. The smallest absolute Gasteiger partial charge is 0.0594 e. The molecule has 1 saturated heterocycles. The zero-order valence-electron chi connectivity index (χ0n) is 11.4. The van der Waals surface area contributed by atoms with Gasteiger partial charge in [-0.2, -0.15) is 0 Å². The van der Waals surface area contributed by atoms with Crippen LogP contribution >= 0.6 is 23.2 Å². The van der Waals surface area contributed by atoms with Crippen LogP contribution in [0, 0.1) is 0 Å². The lowest BCUT2D eigenvalue weighted by molar-refractivity contribution is 0.0381. The van der Waals surface area contributed by atoms with Gasteiger partial charge in [-0.25, -0.2) is 0 Å². The Morgan fingerprint density at radius 2 is 1.90 bits per heavy atom. The van der Waals surface area contributed by atoms with E-state index in [0.717, 1.165) is 45.0 Å². The molecule has 0 aliphatic carbocycles. The Morgan fingerprint density at radius 3 is 2.50 bits per heavy atom. The van der Waals surface area contributed by atoms with Crippen molar-refractivity contribution in [1.82, 2.24) is 10.2 Å². The van der Waals surface area contributed by atoms with Crippen molar-refractivity contribution < 1.29 is 4.74 Å². The minimum Gasteiger partial charge on any atom is -0.379 e. The van der Waals surface area contributed by atoms with Crippen molar-refractivity contribution in [1.29, 1.82) is 0 Å². The summed E-state index contributed by atoms with van der Waals surface area (Å²) >= 11 is 12.4. The van der Waals surface area contributed by atoms with Crippen molar-refractivity contribution in [2.24, 2.45) is 5.73 Å². The van der Waals surface area contributed by atoms with E-state index in [9.17, 15) is 0 Å². The molecule has 0 radical (unpaired) electrons.